The van der Waals surface area contributed by atoms with Crippen LogP contribution >= 0.6 is 0 Å². The molecule has 0 radical (unpaired) electrons. The van der Waals surface area contributed by atoms with Gasteiger partial charge in [-0.15, -0.1) is 0 Å². The minimum absolute atomic E-state index is 0.0960. The molecule has 2 heterocycles. The fourth-order valence-electron chi connectivity index (χ4n) is 2.41. The molecule has 1 aromatic heterocycles. The standard InChI is InChI=1S/C9H12N4O4/c10-7-11-3-13(8(15)12-7)5-1-9(16)4(2-14)6(9)17-5/h3-6,14,16H,1-2H2,(H2,10,12,15). The molecular weight excluding hydrogens is 228 g/mol. The van der Waals surface area contributed by atoms with Gasteiger partial charge in [-0.3, -0.25) is 4.57 Å². The lowest BCUT2D eigenvalue weighted by Crippen LogP contribution is -2.30. The minimum atomic E-state index is -1.03. The van der Waals surface area contributed by atoms with E-state index in [1.54, 1.807) is 0 Å². The highest BCUT2D eigenvalue weighted by atomic mass is 16.6. The van der Waals surface area contributed by atoms with E-state index in [2.05, 4.69) is 9.97 Å². The van der Waals surface area contributed by atoms with Crippen LogP contribution in [0.2, 0.25) is 0 Å². The van der Waals surface area contributed by atoms with E-state index in [0.717, 1.165) is 0 Å². The molecule has 8 nitrogen and oxygen atoms in total. The van der Waals surface area contributed by atoms with Gasteiger partial charge in [-0.05, 0) is 0 Å². The highest BCUT2D eigenvalue weighted by Gasteiger charge is 2.70. The highest BCUT2D eigenvalue weighted by molar-refractivity contribution is 5.18. The van der Waals surface area contributed by atoms with Crippen molar-refractivity contribution < 1.29 is 14.9 Å². The van der Waals surface area contributed by atoms with E-state index in [1.165, 1.54) is 10.9 Å². The van der Waals surface area contributed by atoms with Crippen molar-refractivity contribution in [3.05, 3.63) is 16.8 Å². The third kappa shape index (κ3) is 1.38. The molecule has 1 aliphatic heterocycles. The van der Waals surface area contributed by atoms with Crippen molar-refractivity contribution in [3.63, 3.8) is 0 Å². The van der Waals surface area contributed by atoms with E-state index in [4.69, 9.17) is 15.6 Å². The second-order valence-corrected chi connectivity index (χ2v) is 4.40. The molecule has 0 bridgehead atoms. The summed E-state index contributed by atoms with van der Waals surface area (Å²) in [6.45, 7) is -0.124. The molecule has 4 N–H and O–H groups in total. The Bertz CT molecular complexity index is 518. The maximum absolute atomic E-state index is 11.5. The van der Waals surface area contributed by atoms with Gasteiger partial charge in [-0.1, -0.05) is 0 Å². The smallest absolute Gasteiger partial charge is 0.354 e. The molecular formula is C9H12N4O4. The number of fused-ring (bicyclic) bond motifs is 1. The molecule has 2 aliphatic rings. The summed E-state index contributed by atoms with van der Waals surface area (Å²) < 4.78 is 6.67. The fraction of sp³-hybridized carbons (Fsp3) is 0.667. The van der Waals surface area contributed by atoms with Gasteiger partial charge in [0.05, 0.1) is 12.7 Å². The van der Waals surface area contributed by atoms with Crippen molar-refractivity contribution in [3.8, 4) is 0 Å². The first-order chi connectivity index (χ1) is 8.06. The summed E-state index contributed by atoms with van der Waals surface area (Å²) in [4.78, 5) is 18.7. The van der Waals surface area contributed by atoms with Crippen LogP contribution in [-0.4, -0.2) is 43.1 Å². The Hall–Kier alpha value is -1.51. The first-order valence-electron chi connectivity index (χ1n) is 5.25. The van der Waals surface area contributed by atoms with Crippen LogP contribution in [0.5, 0.6) is 0 Å². The molecule has 4 unspecified atom stereocenters. The number of aliphatic hydroxyl groups is 2. The molecule has 17 heavy (non-hydrogen) atoms. The van der Waals surface area contributed by atoms with E-state index in [9.17, 15) is 9.90 Å². The molecule has 1 aliphatic carbocycles. The van der Waals surface area contributed by atoms with Gasteiger partial charge in [-0.2, -0.15) is 4.98 Å². The van der Waals surface area contributed by atoms with Gasteiger partial charge in [0.25, 0.3) is 0 Å². The van der Waals surface area contributed by atoms with Gasteiger partial charge < -0.3 is 20.7 Å². The monoisotopic (exact) mass is 240 g/mol. The third-order valence-corrected chi connectivity index (χ3v) is 3.45. The van der Waals surface area contributed by atoms with E-state index in [-0.39, 0.29) is 24.9 Å². The normalized spacial score (nSPS) is 39.1. The summed E-state index contributed by atoms with van der Waals surface area (Å²) in [5.74, 6) is -0.356. The Morgan fingerprint density at radius 1 is 1.71 bits per heavy atom. The summed E-state index contributed by atoms with van der Waals surface area (Å²) in [6, 6.07) is 0. The Morgan fingerprint density at radius 2 is 2.47 bits per heavy atom. The van der Waals surface area contributed by atoms with Gasteiger partial charge in [0.2, 0.25) is 5.95 Å². The summed E-state index contributed by atoms with van der Waals surface area (Å²) in [6.07, 6.45) is 0.482. The third-order valence-electron chi connectivity index (χ3n) is 3.45. The Kier molecular flexibility index (Phi) is 2.03. The van der Waals surface area contributed by atoms with Crippen LogP contribution in [0.1, 0.15) is 12.6 Å². The number of hydrogen-bond acceptors (Lipinski definition) is 7. The molecule has 4 atom stereocenters. The van der Waals surface area contributed by atoms with Gasteiger partial charge in [0.1, 0.15) is 18.2 Å². The summed E-state index contributed by atoms with van der Waals surface area (Å²) in [5, 5.41) is 19.0. The molecule has 1 saturated heterocycles. The summed E-state index contributed by atoms with van der Waals surface area (Å²) >= 11 is 0. The summed E-state index contributed by atoms with van der Waals surface area (Å²) in [7, 11) is 0. The second kappa shape index (κ2) is 3.25. The average molecular weight is 240 g/mol. The van der Waals surface area contributed by atoms with Gasteiger partial charge in [0.15, 0.2) is 0 Å². The van der Waals surface area contributed by atoms with E-state index < -0.39 is 23.6 Å². The van der Waals surface area contributed by atoms with Crippen LogP contribution in [0.15, 0.2) is 11.1 Å². The predicted octanol–water partition coefficient (Wildman–Crippen LogP) is -2.14. The first kappa shape index (κ1) is 10.6. The van der Waals surface area contributed by atoms with Crippen LogP contribution in [-0.2, 0) is 4.74 Å². The van der Waals surface area contributed by atoms with Crippen molar-refractivity contribution in [2.24, 2.45) is 5.92 Å². The van der Waals surface area contributed by atoms with Crippen molar-refractivity contribution in [2.45, 2.75) is 24.4 Å². The number of aliphatic hydroxyl groups excluding tert-OH is 1. The van der Waals surface area contributed by atoms with E-state index in [1.807, 2.05) is 0 Å². The molecule has 3 rings (SSSR count). The van der Waals surface area contributed by atoms with Crippen LogP contribution in [0.25, 0.3) is 0 Å². The molecule has 8 heteroatoms. The first-order valence-corrected chi connectivity index (χ1v) is 5.25. The molecule has 0 amide bonds. The number of nitrogens with two attached hydrogens (primary N) is 1. The van der Waals surface area contributed by atoms with Crippen LogP contribution < -0.4 is 11.4 Å². The summed E-state index contributed by atoms with van der Waals surface area (Å²) in [5.41, 5.74) is 3.68. The Morgan fingerprint density at radius 3 is 3.00 bits per heavy atom. The predicted molar refractivity (Wildman–Crippen MR) is 54.8 cm³/mol. The molecule has 1 saturated carbocycles. The number of nitrogen functional groups attached to an aromatic ring is 1. The molecule has 92 valence electrons. The quantitative estimate of drug-likeness (QED) is 0.539. The molecule has 1 aromatic rings. The van der Waals surface area contributed by atoms with Crippen LogP contribution in [0.3, 0.4) is 0 Å². The van der Waals surface area contributed by atoms with Gasteiger partial charge >= 0.3 is 5.69 Å². The number of ether oxygens (including phenoxy) is 1. The zero-order chi connectivity index (χ0) is 12.2. The molecule has 0 aromatic carbocycles. The number of aromatic nitrogens is 3. The van der Waals surface area contributed by atoms with E-state index >= 15 is 0 Å². The molecule has 2 fully saturated rings. The maximum Gasteiger partial charge on any atom is 0.354 e. The maximum atomic E-state index is 11.5. The zero-order valence-corrected chi connectivity index (χ0v) is 8.85. The SMILES string of the molecule is Nc1ncn(C2CC3(O)C(CO)C3O2)c(=O)n1. The van der Waals surface area contributed by atoms with Crippen molar-refractivity contribution in [1.29, 1.82) is 0 Å². The van der Waals surface area contributed by atoms with E-state index in [0.29, 0.717) is 0 Å². The fourth-order valence-corrected chi connectivity index (χ4v) is 2.41. The van der Waals surface area contributed by atoms with Crippen molar-refractivity contribution in [2.75, 3.05) is 12.3 Å². The minimum Gasteiger partial charge on any atom is -0.396 e. The van der Waals surface area contributed by atoms with Gasteiger partial charge in [0, 0.05) is 12.3 Å². The number of nitrogens with zero attached hydrogens (tertiary/aromatic N) is 3. The second-order valence-electron chi connectivity index (χ2n) is 4.40. The average Bonchev–Trinajstić information content (AvgIpc) is 2.64. The molecule has 0 spiro atoms. The highest BCUT2D eigenvalue weighted by Crippen LogP contribution is 2.57. The Balaban J connectivity index is 1.83. The topological polar surface area (TPSA) is 123 Å². The number of hydrogen-bond donors (Lipinski definition) is 3. The lowest BCUT2D eigenvalue weighted by molar-refractivity contribution is -0.00157. The zero-order valence-electron chi connectivity index (χ0n) is 8.85. The van der Waals surface area contributed by atoms with Crippen LogP contribution in [0, 0.1) is 5.92 Å². The lowest BCUT2D eigenvalue weighted by Gasteiger charge is -2.16. The Labute approximate surface area is 95.7 Å². The number of anilines is 1. The lowest BCUT2D eigenvalue weighted by atomic mass is 10.2. The van der Waals surface area contributed by atoms with Crippen LogP contribution in [0.4, 0.5) is 5.95 Å². The van der Waals surface area contributed by atoms with Gasteiger partial charge in [-0.25, -0.2) is 9.78 Å². The largest absolute Gasteiger partial charge is 0.396 e. The van der Waals surface area contributed by atoms with Crippen molar-refractivity contribution >= 4 is 5.95 Å². The van der Waals surface area contributed by atoms with Crippen molar-refractivity contribution in [1.82, 2.24) is 14.5 Å². The number of rotatable bonds is 2.